The molecule has 0 radical (unpaired) electrons. The van der Waals surface area contributed by atoms with Gasteiger partial charge in [-0.25, -0.2) is 4.39 Å². The number of amides is 2. The first kappa shape index (κ1) is 19.1. The van der Waals surface area contributed by atoms with Crippen molar-refractivity contribution in [3.05, 3.63) is 89.7 Å². The topological polar surface area (TPSA) is 81.4 Å². The fourth-order valence-corrected chi connectivity index (χ4v) is 2.60. The molecule has 0 aliphatic heterocycles. The van der Waals surface area contributed by atoms with E-state index in [1.165, 1.54) is 12.1 Å². The summed E-state index contributed by atoms with van der Waals surface area (Å²) in [5, 5.41) is 2.78. The van der Waals surface area contributed by atoms with Crippen LogP contribution in [0.1, 0.15) is 22.3 Å². The van der Waals surface area contributed by atoms with Crippen LogP contribution in [-0.4, -0.2) is 11.8 Å². The Bertz CT molecular complexity index is 970. The fraction of sp³-hybridized carbons (Fsp3) is 0.0909. The summed E-state index contributed by atoms with van der Waals surface area (Å²) in [6.07, 6.45) is 0.823. The SMILES string of the molecule is NC(=O)c1ccc(NC(=O)CCc2cccc(Oc3ccc(F)cc3)c2)cc1. The predicted molar refractivity (Wildman–Crippen MR) is 105 cm³/mol. The average Bonchev–Trinajstić information content (AvgIpc) is 2.69. The van der Waals surface area contributed by atoms with E-state index in [1.807, 2.05) is 18.2 Å². The van der Waals surface area contributed by atoms with E-state index in [4.69, 9.17) is 10.5 Å². The molecular formula is C22H19FN2O3. The van der Waals surface area contributed by atoms with Crippen molar-refractivity contribution in [2.75, 3.05) is 5.32 Å². The van der Waals surface area contributed by atoms with Gasteiger partial charge in [0.2, 0.25) is 11.8 Å². The molecule has 0 fully saturated rings. The van der Waals surface area contributed by atoms with E-state index in [-0.39, 0.29) is 18.1 Å². The average molecular weight is 378 g/mol. The summed E-state index contributed by atoms with van der Waals surface area (Å²) in [4.78, 5) is 23.2. The van der Waals surface area contributed by atoms with Gasteiger partial charge in [-0.1, -0.05) is 12.1 Å². The zero-order chi connectivity index (χ0) is 19.9. The van der Waals surface area contributed by atoms with Gasteiger partial charge >= 0.3 is 0 Å². The van der Waals surface area contributed by atoms with Gasteiger partial charge in [-0.3, -0.25) is 9.59 Å². The van der Waals surface area contributed by atoms with Crippen LogP contribution in [0.25, 0.3) is 0 Å². The van der Waals surface area contributed by atoms with Gasteiger partial charge in [0.05, 0.1) is 0 Å². The van der Waals surface area contributed by atoms with Crippen LogP contribution in [0, 0.1) is 5.82 Å². The Labute approximate surface area is 161 Å². The number of rotatable bonds is 7. The van der Waals surface area contributed by atoms with Gasteiger partial charge in [0.15, 0.2) is 0 Å². The van der Waals surface area contributed by atoms with Crippen molar-refractivity contribution in [1.82, 2.24) is 0 Å². The molecule has 142 valence electrons. The summed E-state index contributed by atoms with van der Waals surface area (Å²) >= 11 is 0. The van der Waals surface area contributed by atoms with Crippen molar-refractivity contribution in [3.63, 3.8) is 0 Å². The minimum absolute atomic E-state index is 0.142. The van der Waals surface area contributed by atoms with Gasteiger partial charge in [0, 0.05) is 17.7 Å². The van der Waals surface area contributed by atoms with Crippen LogP contribution in [0.3, 0.4) is 0 Å². The molecule has 3 rings (SSSR count). The number of primary amides is 1. The molecule has 0 atom stereocenters. The summed E-state index contributed by atoms with van der Waals surface area (Å²) in [7, 11) is 0. The van der Waals surface area contributed by atoms with E-state index in [1.54, 1.807) is 42.5 Å². The van der Waals surface area contributed by atoms with Crippen molar-refractivity contribution in [3.8, 4) is 11.5 Å². The van der Waals surface area contributed by atoms with E-state index < -0.39 is 5.91 Å². The molecule has 5 nitrogen and oxygen atoms in total. The highest BCUT2D eigenvalue weighted by molar-refractivity contribution is 5.94. The largest absolute Gasteiger partial charge is 0.457 e. The van der Waals surface area contributed by atoms with Crippen molar-refractivity contribution < 1.29 is 18.7 Å². The number of nitrogens with one attached hydrogen (secondary N) is 1. The van der Waals surface area contributed by atoms with E-state index in [0.29, 0.717) is 29.2 Å². The molecule has 3 N–H and O–H groups in total. The number of aryl methyl sites for hydroxylation is 1. The number of carbonyl (C=O) groups is 2. The van der Waals surface area contributed by atoms with Crippen molar-refractivity contribution in [2.24, 2.45) is 5.73 Å². The van der Waals surface area contributed by atoms with Crippen molar-refractivity contribution in [1.29, 1.82) is 0 Å². The lowest BCUT2D eigenvalue weighted by atomic mass is 10.1. The Kier molecular flexibility index (Phi) is 6.01. The zero-order valence-corrected chi connectivity index (χ0v) is 15.0. The highest BCUT2D eigenvalue weighted by Crippen LogP contribution is 2.23. The lowest BCUT2D eigenvalue weighted by Gasteiger charge is -2.08. The second-order valence-electron chi connectivity index (χ2n) is 6.19. The van der Waals surface area contributed by atoms with Crippen LogP contribution in [0.5, 0.6) is 11.5 Å². The molecule has 0 heterocycles. The summed E-state index contributed by atoms with van der Waals surface area (Å²) in [5.41, 5.74) is 7.12. The van der Waals surface area contributed by atoms with Crippen LogP contribution in [0.2, 0.25) is 0 Å². The second-order valence-corrected chi connectivity index (χ2v) is 6.19. The lowest BCUT2D eigenvalue weighted by molar-refractivity contribution is -0.116. The number of hydrogen-bond acceptors (Lipinski definition) is 3. The monoisotopic (exact) mass is 378 g/mol. The first-order valence-electron chi connectivity index (χ1n) is 8.72. The molecule has 0 unspecified atom stereocenters. The second kappa shape index (κ2) is 8.81. The molecule has 3 aromatic carbocycles. The summed E-state index contributed by atoms with van der Waals surface area (Å²) in [5.74, 6) is 0.177. The highest BCUT2D eigenvalue weighted by Gasteiger charge is 2.06. The number of anilines is 1. The molecule has 0 spiro atoms. The Balaban J connectivity index is 1.54. The summed E-state index contributed by atoms with van der Waals surface area (Å²) in [6.45, 7) is 0. The highest BCUT2D eigenvalue weighted by atomic mass is 19.1. The Morgan fingerprint density at radius 2 is 1.64 bits per heavy atom. The molecule has 28 heavy (non-hydrogen) atoms. The van der Waals surface area contributed by atoms with E-state index >= 15 is 0 Å². The molecule has 2 amide bonds. The normalized spacial score (nSPS) is 10.3. The van der Waals surface area contributed by atoms with Crippen LogP contribution >= 0.6 is 0 Å². The molecule has 3 aromatic rings. The first-order valence-corrected chi connectivity index (χ1v) is 8.72. The van der Waals surface area contributed by atoms with Crippen LogP contribution in [-0.2, 0) is 11.2 Å². The number of benzene rings is 3. The lowest BCUT2D eigenvalue weighted by Crippen LogP contribution is -2.13. The van der Waals surface area contributed by atoms with Crippen molar-refractivity contribution >= 4 is 17.5 Å². The number of hydrogen-bond donors (Lipinski definition) is 2. The minimum atomic E-state index is -0.513. The smallest absolute Gasteiger partial charge is 0.248 e. The van der Waals surface area contributed by atoms with Crippen LogP contribution < -0.4 is 15.8 Å². The Hall–Kier alpha value is -3.67. The Morgan fingerprint density at radius 1 is 0.929 bits per heavy atom. The van der Waals surface area contributed by atoms with Crippen LogP contribution in [0.15, 0.2) is 72.8 Å². The minimum Gasteiger partial charge on any atom is -0.457 e. The van der Waals surface area contributed by atoms with E-state index in [0.717, 1.165) is 5.56 Å². The third kappa shape index (κ3) is 5.41. The first-order chi connectivity index (χ1) is 13.5. The Morgan fingerprint density at radius 3 is 2.32 bits per heavy atom. The maximum atomic E-state index is 13.0. The third-order valence-electron chi connectivity index (χ3n) is 4.04. The van der Waals surface area contributed by atoms with Gasteiger partial charge in [0.25, 0.3) is 0 Å². The van der Waals surface area contributed by atoms with Gasteiger partial charge in [-0.05, 0) is 72.6 Å². The molecule has 0 saturated carbocycles. The van der Waals surface area contributed by atoms with E-state index in [9.17, 15) is 14.0 Å². The number of ether oxygens (including phenoxy) is 1. The number of carbonyl (C=O) groups excluding carboxylic acids is 2. The molecule has 0 saturated heterocycles. The van der Waals surface area contributed by atoms with Gasteiger partial charge in [0.1, 0.15) is 17.3 Å². The van der Waals surface area contributed by atoms with Gasteiger partial charge in [-0.2, -0.15) is 0 Å². The summed E-state index contributed by atoms with van der Waals surface area (Å²) < 4.78 is 18.7. The molecule has 0 bridgehead atoms. The molecule has 0 aliphatic carbocycles. The van der Waals surface area contributed by atoms with Gasteiger partial charge in [-0.15, -0.1) is 0 Å². The van der Waals surface area contributed by atoms with Crippen molar-refractivity contribution in [2.45, 2.75) is 12.8 Å². The standard InChI is InChI=1S/C22H19FN2O3/c23-17-7-11-19(12-8-17)28-20-3-1-2-15(14-20)4-13-21(26)25-18-9-5-16(6-10-18)22(24)27/h1-3,5-12,14H,4,13H2,(H2,24,27)(H,25,26). The molecule has 0 aromatic heterocycles. The third-order valence-corrected chi connectivity index (χ3v) is 4.04. The molecule has 0 aliphatic rings. The predicted octanol–water partition coefficient (Wildman–Crippen LogP) is 4.29. The fourth-order valence-electron chi connectivity index (χ4n) is 2.60. The van der Waals surface area contributed by atoms with E-state index in [2.05, 4.69) is 5.32 Å². The number of halogens is 1. The maximum absolute atomic E-state index is 13.0. The summed E-state index contributed by atoms with van der Waals surface area (Å²) in [6, 6.07) is 19.6. The molecule has 6 heteroatoms. The molecular weight excluding hydrogens is 359 g/mol. The maximum Gasteiger partial charge on any atom is 0.248 e. The van der Waals surface area contributed by atoms with Gasteiger partial charge < -0.3 is 15.8 Å². The quantitative estimate of drug-likeness (QED) is 0.644. The van der Waals surface area contributed by atoms with Crippen LogP contribution in [0.4, 0.5) is 10.1 Å². The zero-order valence-electron chi connectivity index (χ0n) is 15.0. The number of nitrogens with two attached hydrogens (primary N) is 1.